The SMILES string of the molecule is CCn1c(-c2cccnc2[C@H](C)OC)c2c3cc(ccc31)-c1csc(n1)C[C@H](NC(=O)N(C)CC1CC1)C(=O)N1CCC[C@H](N1)C(=O)OCC(C)(C)C2. The van der Waals surface area contributed by atoms with Crippen LogP contribution in [0.25, 0.3) is 33.4 Å². The summed E-state index contributed by atoms with van der Waals surface area (Å²) in [5.74, 6) is -0.184. The van der Waals surface area contributed by atoms with Crippen LogP contribution in [0.5, 0.6) is 0 Å². The minimum atomic E-state index is -0.873. The molecule has 13 heteroatoms. The standard InChI is InChI=1S/C40H51N7O5S/c1-7-46-33-15-14-26-18-28(33)29(36(46)27-10-8-16-41-35(27)24(2)51-6)20-40(3,4)23-52-38(49)30-11-9-17-47(44-30)37(48)31(19-34-42-32(26)22-53-34)43-39(50)45(5)21-25-12-13-25/h8,10,14-16,18,22,24-25,30-31,44H,7,9,11-13,17,19-21,23H2,1-6H3,(H,43,50)/t24-,30-,31-/m0/s1. The van der Waals surface area contributed by atoms with Crippen molar-refractivity contribution < 1.29 is 23.9 Å². The average molecular weight is 742 g/mol. The Morgan fingerprint density at radius 3 is 2.79 bits per heavy atom. The molecule has 7 rings (SSSR count). The number of rotatable bonds is 7. The summed E-state index contributed by atoms with van der Waals surface area (Å²) in [4.78, 5) is 52.6. The fraction of sp³-hybridized carbons (Fsp3) is 0.525. The quantitative estimate of drug-likeness (QED) is 0.216. The molecular weight excluding hydrogens is 691 g/mol. The second kappa shape index (κ2) is 15.2. The van der Waals surface area contributed by atoms with E-state index in [2.05, 4.69) is 60.3 Å². The Morgan fingerprint density at radius 1 is 1.23 bits per heavy atom. The van der Waals surface area contributed by atoms with E-state index in [9.17, 15) is 14.4 Å². The molecule has 282 valence electrons. The summed E-state index contributed by atoms with van der Waals surface area (Å²) in [6.45, 7) is 10.4. The van der Waals surface area contributed by atoms with E-state index in [1.54, 1.807) is 25.3 Å². The maximum Gasteiger partial charge on any atom is 0.324 e. The first-order chi connectivity index (χ1) is 25.5. The van der Waals surface area contributed by atoms with Gasteiger partial charge in [0, 0.05) is 79.2 Å². The summed E-state index contributed by atoms with van der Waals surface area (Å²) in [7, 11) is 3.46. The monoisotopic (exact) mass is 741 g/mol. The highest BCUT2D eigenvalue weighted by atomic mass is 32.1. The van der Waals surface area contributed by atoms with Crippen LogP contribution in [0.4, 0.5) is 4.79 Å². The third kappa shape index (κ3) is 7.83. The zero-order valence-electron chi connectivity index (χ0n) is 31.6. The van der Waals surface area contributed by atoms with E-state index in [1.807, 2.05) is 18.4 Å². The number of carbonyl (C=O) groups excluding carboxylic acids is 3. The van der Waals surface area contributed by atoms with Crippen LogP contribution in [0.15, 0.2) is 41.9 Å². The Hall–Kier alpha value is -4.33. The number of thiazole rings is 1. The number of hydrogen-bond donors (Lipinski definition) is 2. The van der Waals surface area contributed by atoms with E-state index in [0.29, 0.717) is 38.3 Å². The summed E-state index contributed by atoms with van der Waals surface area (Å²) in [5.41, 5.74) is 9.65. The number of hydrazine groups is 1. The molecule has 12 nitrogen and oxygen atoms in total. The molecule has 2 aliphatic heterocycles. The lowest BCUT2D eigenvalue weighted by molar-refractivity contribution is -0.155. The number of esters is 1. The first kappa shape index (κ1) is 37.0. The van der Waals surface area contributed by atoms with Gasteiger partial charge in [0.15, 0.2) is 0 Å². The number of aromatic nitrogens is 3. The number of hydrogen-bond acceptors (Lipinski definition) is 9. The lowest BCUT2D eigenvalue weighted by Crippen LogP contribution is -2.61. The van der Waals surface area contributed by atoms with E-state index >= 15 is 0 Å². The first-order valence-corrected chi connectivity index (χ1v) is 19.7. The number of methoxy groups -OCH3 is 1. The van der Waals surface area contributed by atoms with Crippen molar-refractivity contribution in [2.75, 3.05) is 33.9 Å². The maximum atomic E-state index is 14.1. The van der Waals surface area contributed by atoms with Crippen molar-refractivity contribution in [3.05, 3.63) is 58.2 Å². The van der Waals surface area contributed by atoms with Crippen molar-refractivity contribution in [3.63, 3.8) is 0 Å². The highest BCUT2D eigenvalue weighted by molar-refractivity contribution is 7.10. The van der Waals surface area contributed by atoms with E-state index < -0.39 is 23.5 Å². The molecule has 2 N–H and O–H groups in total. The molecule has 1 aliphatic carbocycles. The van der Waals surface area contributed by atoms with Crippen molar-refractivity contribution in [1.82, 2.24) is 35.2 Å². The second-order valence-corrected chi connectivity index (χ2v) is 16.5. The fourth-order valence-corrected chi connectivity index (χ4v) is 8.44. The molecular formula is C40H51N7O5S. The highest BCUT2D eigenvalue weighted by Crippen LogP contribution is 2.42. The number of nitrogens with one attached hydrogen (secondary N) is 2. The maximum absolute atomic E-state index is 14.1. The van der Waals surface area contributed by atoms with Crippen LogP contribution in [-0.4, -0.2) is 88.3 Å². The summed E-state index contributed by atoms with van der Waals surface area (Å²) in [6, 6.07) is 8.69. The van der Waals surface area contributed by atoms with Gasteiger partial charge in [-0.05, 0) is 81.7 Å². The summed E-state index contributed by atoms with van der Waals surface area (Å²) in [6.07, 6.45) is 5.82. The molecule has 4 aromatic rings. The Balaban J connectivity index is 1.33. The Labute approximate surface area is 315 Å². The minimum Gasteiger partial charge on any atom is -0.464 e. The summed E-state index contributed by atoms with van der Waals surface area (Å²) >= 11 is 1.48. The molecule has 3 aliphatic rings. The normalized spacial score (nSPS) is 21.2. The molecule has 5 heterocycles. The predicted molar refractivity (Wildman–Crippen MR) is 205 cm³/mol. The van der Waals surface area contributed by atoms with E-state index in [-0.39, 0.29) is 31.1 Å². The average Bonchev–Trinajstić information content (AvgIpc) is 3.77. The van der Waals surface area contributed by atoms with Crippen LogP contribution < -0.4 is 10.7 Å². The third-order valence-electron chi connectivity index (χ3n) is 10.7. The number of aryl methyl sites for hydroxylation is 1. The third-order valence-corrected chi connectivity index (χ3v) is 11.6. The number of benzene rings is 1. The van der Waals surface area contributed by atoms with Crippen LogP contribution in [0, 0.1) is 11.3 Å². The van der Waals surface area contributed by atoms with Gasteiger partial charge in [-0.2, -0.15) is 0 Å². The van der Waals surface area contributed by atoms with Gasteiger partial charge in [-0.1, -0.05) is 19.9 Å². The molecule has 0 unspecified atom stereocenters. The van der Waals surface area contributed by atoms with Crippen molar-refractivity contribution in [1.29, 1.82) is 0 Å². The van der Waals surface area contributed by atoms with E-state index in [4.69, 9.17) is 19.4 Å². The van der Waals surface area contributed by atoms with Gasteiger partial charge in [-0.3, -0.25) is 19.6 Å². The van der Waals surface area contributed by atoms with E-state index in [1.165, 1.54) is 16.3 Å². The number of cyclic esters (lactones) is 1. The van der Waals surface area contributed by atoms with Crippen molar-refractivity contribution in [2.24, 2.45) is 11.3 Å². The zero-order chi connectivity index (χ0) is 37.4. The number of ether oxygens (including phenoxy) is 2. The lowest BCUT2D eigenvalue weighted by Gasteiger charge is -2.35. The number of amides is 3. The minimum absolute atomic E-state index is 0.186. The fourth-order valence-electron chi connectivity index (χ4n) is 7.59. The van der Waals surface area contributed by atoms with Crippen molar-refractivity contribution >= 4 is 40.1 Å². The van der Waals surface area contributed by atoms with Gasteiger partial charge < -0.3 is 24.3 Å². The van der Waals surface area contributed by atoms with Gasteiger partial charge >= 0.3 is 12.0 Å². The van der Waals surface area contributed by atoms with Gasteiger partial charge in [0.1, 0.15) is 12.1 Å². The number of pyridine rings is 1. The Bertz CT molecular complexity index is 2000. The Kier molecular flexibility index (Phi) is 10.6. The molecule has 2 fully saturated rings. The van der Waals surface area contributed by atoms with Gasteiger partial charge in [0.2, 0.25) is 0 Å². The van der Waals surface area contributed by atoms with Gasteiger partial charge in [0.25, 0.3) is 5.91 Å². The van der Waals surface area contributed by atoms with Gasteiger partial charge in [-0.15, -0.1) is 11.3 Å². The largest absolute Gasteiger partial charge is 0.464 e. The molecule has 1 aromatic carbocycles. The molecule has 3 aromatic heterocycles. The molecule has 53 heavy (non-hydrogen) atoms. The van der Waals surface area contributed by atoms with Gasteiger partial charge in [0.05, 0.1) is 34.8 Å². The second-order valence-electron chi connectivity index (χ2n) is 15.5. The van der Waals surface area contributed by atoms with E-state index in [0.717, 1.165) is 69.1 Å². The predicted octanol–water partition coefficient (Wildman–Crippen LogP) is 6.14. The topological polar surface area (TPSA) is 131 Å². The molecule has 1 saturated heterocycles. The van der Waals surface area contributed by atoms with Crippen molar-refractivity contribution in [3.8, 4) is 22.5 Å². The smallest absolute Gasteiger partial charge is 0.324 e. The summed E-state index contributed by atoms with van der Waals surface area (Å²) < 4.78 is 14.2. The van der Waals surface area contributed by atoms with Crippen LogP contribution in [-0.2, 0) is 38.4 Å². The zero-order valence-corrected chi connectivity index (χ0v) is 32.4. The number of fused-ring (bicyclic) bond motifs is 6. The number of carbonyl (C=O) groups is 3. The summed E-state index contributed by atoms with van der Waals surface area (Å²) in [5, 5.41) is 8.34. The van der Waals surface area contributed by atoms with Crippen LogP contribution >= 0.6 is 11.3 Å². The molecule has 0 spiro atoms. The molecule has 0 radical (unpaired) electrons. The lowest BCUT2D eigenvalue weighted by atomic mass is 9.84. The molecule has 3 atom stereocenters. The number of urea groups is 1. The van der Waals surface area contributed by atoms with Crippen molar-refractivity contribution in [2.45, 2.75) is 91.0 Å². The van der Waals surface area contributed by atoms with Crippen LogP contribution in [0.2, 0.25) is 0 Å². The molecule has 6 bridgehead atoms. The highest BCUT2D eigenvalue weighted by Gasteiger charge is 2.36. The Morgan fingerprint density at radius 2 is 2.04 bits per heavy atom. The van der Waals surface area contributed by atoms with Gasteiger partial charge in [-0.25, -0.2) is 15.2 Å². The van der Waals surface area contributed by atoms with Crippen LogP contribution in [0.1, 0.15) is 75.7 Å². The first-order valence-electron chi connectivity index (χ1n) is 18.8. The molecule has 1 saturated carbocycles. The van der Waals surface area contributed by atoms with Crippen LogP contribution in [0.3, 0.4) is 0 Å². The molecule has 3 amide bonds. The number of nitrogens with zero attached hydrogens (tertiary/aromatic N) is 5.